The van der Waals surface area contributed by atoms with Crippen molar-refractivity contribution in [3.8, 4) is 0 Å². The molecule has 1 aromatic heterocycles. The summed E-state index contributed by atoms with van der Waals surface area (Å²) in [5.41, 5.74) is 0.910. The van der Waals surface area contributed by atoms with E-state index in [0.29, 0.717) is 0 Å². The molecule has 0 aliphatic carbocycles. The number of halogens is 1. The van der Waals surface area contributed by atoms with Crippen LogP contribution < -0.4 is 4.72 Å². The Morgan fingerprint density at radius 1 is 1.32 bits per heavy atom. The fraction of sp³-hybridized carbons (Fsp3) is 0.250. The van der Waals surface area contributed by atoms with Gasteiger partial charge in [0.2, 0.25) is 0 Å². The van der Waals surface area contributed by atoms with Crippen LogP contribution in [0.15, 0.2) is 39.1 Å². The van der Waals surface area contributed by atoms with E-state index in [1.54, 1.807) is 6.92 Å². The van der Waals surface area contributed by atoms with Crippen LogP contribution in [0.5, 0.6) is 0 Å². The Balaban J connectivity index is 2.18. The van der Waals surface area contributed by atoms with Crippen molar-refractivity contribution < 1.29 is 8.42 Å². The smallest absolute Gasteiger partial charge is 0.249 e. The molecule has 0 saturated carbocycles. The van der Waals surface area contributed by atoms with Gasteiger partial charge in [-0.2, -0.15) is 0 Å². The highest BCUT2D eigenvalue weighted by atomic mass is 79.9. The number of hydrogen-bond acceptors (Lipinski definition) is 4. The highest BCUT2D eigenvalue weighted by molar-refractivity contribution is 9.10. The van der Waals surface area contributed by atoms with E-state index in [0.717, 1.165) is 15.0 Å². The number of nitrogens with zero attached hydrogens (tertiary/aromatic N) is 1. The summed E-state index contributed by atoms with van der Waals surface area (Å²) in [5.74, 6) is 0. The third-order valence-corrected chi connectivity index (χ3v) is 6.01. The fourth-order valence-electron chi connectivity index (χ4n) is 1.58. The minimum absolute atomic E-state index is 0.244. The SMILES string of the molecule is Cc1ncc(S(=O)(=O)NC(C)c2ccc(Br)cc2)s1. The molecule has 2 rings (SSSR count). The summed E-state index contributed by atoms with van der Waals surface area (Å²) in [5, 5.41) is 0.733. The minimum atomic E-state index is -3.50. The van der Waals surface area contributed by atoms with Crippen molar-refractivity contribution in [2.45, 2.75) is 24.1 Å². The van der Waals surface area contributed by atoms with Gasteiger partial charge in [-0.1, -0.05) is 28.1 Å². The van der Waals surface area contributed by atoms with Gasteiger partial charge in [0.15, 0.2) is 4.21 Å². The molecule has 0 aliphatic rings. The van der Waals surface area contributed by atoms with Gasteiger partial charge in [0.05, 0.1) is 11.2 Å². The first-order chi connectivity index (χ1) is 8.88. The number of aromatic nitrogens is 1. The molecule has 0 bridgehead atoms. The van der Waals surface area contributed by atoms with Gasteiger partial charge in [-0.15, -0.1) is 11.3 Å². The van der Waals surface area contributed by atoms with Crippen LogP contribution in [0, 0.1) is 6.92 Å². The first-order valence-corrected chi connectivity index (χ1v) is 8.68. The Kier molecular flexibility index (Phi) is 4.39. The molecule has 0 fully saturated rings. The molecule has 0 saturated heterocycles. The standard InChI is InChI=1S/C12H13BrN2O2S2/c1-8(10-3-5-11(13)6-4-10)15-19(16,17)12-7-14-9(2)18-12/h3-8,15H,1-2H3. The lowest BCUT2D eigenvalue weighted by molar-refractivity contribution is 0.569. The van der Waals surface area contributed by atoms with Gasteiger partial charge < -0.3 is 0 Å². The largest absolute Gasteiger partial charge is 0.252 e. The maximum absolute atomic E-state index is 12.1. The highest BCUT2D eigenvalue weighted by Gasteiger charge is 2.20. The summed E-state index contributed by atoms with van der Waals surface area (Å²) in [7, 11) is -3.50. The topological polar surface area (TPSA) is 59.1 Å². The molecule has 2 aromatic rings. The van der Waals surface area contributed by atoms with Crippen molar-refractivity contribution in [3.05, 3.63) is 45.5 Å². The van der Waals surface area contributed by atoms with E-state index < -0.39 is 10.0 Å². The lowest BCUT2D eigenvalue weighted by Gasteiger charge is -2.13. The molecule has 4 nitrogen and oxygen atoms in total. The van der Waals surface area contributed by atoms with E-state index in [-0.39, 0.29) is 10.3 Å². The quantitative estimate of drug-likeness (QED) is 0.910. The van der Waals surface area contributed by atoms with E-state index in [9.17, 15) is 8.42 Å². The second kappa shape index (κ2) is 5.70. The Morgan fingerprint density at radius 3 is 2.47 bits per heavy atom. The first-order valence-electron chi connectivity index (χ1n) is 5.59. The maximum Gasteiger partial charge on any atom is 0.252 e. The Bertz CT molecular complexity index is 665. The lowest BCUT2D eigenvalue weighted by Crippen LogP contribution is -2.26. The summed E-state index contributed by atoms with van der Waals surface area (Å²) in [6.45, 7) is 3.59. The summed E-state index contributed by atoms with van der Waals surface area (Å²) < 4.78 is 28.1. The van der Waals surface area contributed by atoms with Crippen molar-refractivity contribution in [2.24, 2.45) is 0 Å². The van der Waals surface area contributed by atoms with E-state index in [4.69, 9.17) is 0 Å². The molecular weight excluding hydrogens is 348 g/mol. The van der Waals surface area contributed by atoms with Crippen LogP contribution in [0.3, 0.4) is 0 Å². The number of nitrogens with one attached hydrogen (secondary N) is 1. The Hall–Kier alpha value is -0.760. The average molecular weight is 361 g/mol. The van der Waals surface area contributed by atoms with Crippen molar-refractivity contribution in [2.75, 3.05) is 0 Å². The zero-order valence-electron chi connectivity index (χ0n) is 10.4. The second-order valence-electron chi connectivity index (χ2n) is 4.09. The summed E-state index contributed by atoms with van der Waals surface area (Å²) in [6.07, 6.45) is 1.39. The van der Waals surface area contributed by atoms with Crippen LogP contribution in [0.4, 0.5) is 0 Å². The Labute approximate surface area is 125 Å². The first kappa shape index (κ1) is 14.6. The van der Waals surface area contributed by atoms with Crippen LogP contribution in [0.1, 0.15) is 23.5 Å². The van der Waals surface area contributed by atoms with Crippen molar-refractivity contribution in [1.82, 2.24) is 9.71 Å². The van der Waals surface area contributed by atoms with E-state index >= 15 is 0 Å². The molecule has 0 aliphatic heterocycles. The van der Waals surface area contributed by atoms with E-state index in [1.165, 1.54) is 17.5 Å². The van der Waals surface area contributed by atoms with E-state index in [1.807, 2.05) is 31.2 Å². The fourth-order valence-corrected chi connectivity index (χ4v) is 4.20. The van der Waals surface area contributed by atoms with Gasteiger partial charge in [-0.3, -0.25) is 0 Å². The number of thiazole rings is 1. The summed E-state index contributed by atoms with van der Waals surface area (Å²) >= 11 is 4.52. The number of hydrogen-bond donors (Lipinski definition) is 1. The van der Waals surface area contributed by atoms with Crippen LogP contribution in [-0.2, 0) is 10.0 Å². The number of benzene rings is 1. The normalized spacial score (nSPS) is 13.4. The van der Waals surface area contributed by atoms with Gasteiger partial charge >= 0.3 is 0 Å². The molecule has 1 N–H and O–H groups in total. The van der Waals surface area contributed by atoms with E-state index in [2.05, 4.69) is 25.6 Å². The van der Waals surface area contributed by atoms with Crippen LogP contribution in [0.2, 0.25) is 0 Å². The molecule has 7 heteroatoms. The summed E-state index contributed by atoms with van der Waals surface area (Å²) in [4.78, 5) is 3.97. The molecule has 19 heavy (non-hydrogen) atoms. The molecule has 1 aromatic carbocycles. The average Bonchev–Trinajstić information content (AvgIpc) is 2.77. The van der Waals surface area contributed by atoms with Gasteiger partial charge in [0.25, 0.3) is 10.0 Å². The van der Waals surface area contributed by atoms with Gasteiger partial charge in [0.1, 0.15) is 0 Å². The van der Waals surface area contributed by atoms with Gasteiger partial charge in [0, 0.05) is 10.5 Å². The molecule has 0 radical (unpaired) electrons. The third-order valence-electron chi connectivity index (χ3n) is 2.57. The van der Waals surface area contributed by atoms with Gasteiger partial charge in [-0.05, 0) is 31.5 Å². The van der Waals surface area contributed by atoms with Crippen LogP contribution in [-0.4, -0.2) is 13.4 Å². The van der Waals surface area contributed by atoms with Crippen LogP contribution >= 0.6 is 27.3 Å². The number of rotatable bonds is 4. The highest BCUT2D eigenvalue weighted by Crippen LogP contribution is 2.22. The monoisotopic (exact) mass is 360 g/mol. The zero-order chi connectivity index (χ0) is 14.0. The zero-order valence-corrected chi connectivity index (χ0v) is 13.6. The number of sulfonamides is 1. The van der Waals surface area contributed by atoms with Crippen molar-refractivity contribution in [3.63, 3.8) is 0 Å². The molecule has 1 atom stereocenters. The number of aryl methyl sites for hydroxylation is 1. The summed E-state index contributed by atoms with van der Waals surface area (Å²) in [6, 6.07) is 7.25. The Morgan fingerprint density at radius 2 is 1.95 bits per heavy atom. The molecule has 0 spiro atoms. The molecule has 102 valence electrons. The molecule has 0 amide bonds. The van der Waals surface area contributed by atoms with Crippen molar-refractivity contribution >= 4 is 37.3 Å². The van der Waals surface area contributed by atoms with Crippen molar-refractivity contribution in [1.29, 1.82) is 0 Å². The third kappa shape index (κ3) is 3.62. The second-order valence-corrected chi connectivity index (χ2v) is 8.18. The van der Waals surface area contributed by atoms with Crippen LogP contribution in [0.25, 0.3) is 0 Å². The predicted molar refractivity (Wildman–Crippen MR) is 79.7 cm³/mol. The lowest BCUT2D eigenvalue weighted by atomic mass is 10.1. The van der Waals surface area contributed by atoms with Gasteiger partial charge in [-0.25, -0.2) is 18.1 Å². The maximum atomic E-state index is 12.1. The molecule has 1 unspecified atom stereocenters. The predicted octanol–water partition coefficient (Wildman–Crippen LogP) is 3.25. The minimum Gasteiger partial charge on any atom is -0.249 e. The molecule has 1 heterocycles. The molecular formula is C12H13BrN2O2S2.